The van der Waals surface area contributed by atoms with Crippen LogP contribution >= 0.6 is 0 Å². The van der Waals surface area contributed by atoms with E-state index in [2.05, 4.69) is 184 Å². The summed E-state index contributed by atoms with van der Waals surface area (Å²) in [6.07, 6.45) is 27.9. The number of alkyl halides is 8. The van der Waals surface area contributed by atoms with Gasteiger partial charge in [-0.1, -0.05) is 343 Å². The van der Waals surface area contributed by atoms with Crippen molar-refractivity contribution in [1.29, 1.82) is 0 Å². The molecule has 0 aliphatic rings. The fraction of sp³-hybridized carbons (Fsp3) is 0.954. The van der Waals surface area contributed by atoms with E-state index in [-0.39, 0.29) is 61.7 Å². The predicted molar refractivity (Wildman–Crippen MR) is 543 cm³/mol. The van der Waals surface area contributed by atoms with Crippen molar-refractivity contribution in [3.8, 4) is 0 Å². The largest absolute Gasteiger partial charge is 0.414 e. The van der Waals surface area contributed by atoms with Gasteiger partial charge in [0.25, 0.3) is 6.43 Å². The van der Waals surface area contributed by atoms with Gasteiger partial charge in [0.05, 0.1) is 31.2 Å². The molecule has 14 nitrogen and oxygen atoms in total. The fourth-order valence-electron chi connectivity index (χ4n) is 15.8. The number of nitrogens with one attached hydrogen (secondary N) is 2. The first-order valence-electron chi connectivity index (χ1n) is 52.7. The SMILES string of the molecule is CC(C)C(CO)CCCCF.CC(F)CCC(CO)C(C)C.CCCCC(C(C)C)C(C)O.CCCCC(C(C)C)C(O)CF.CCCCC(C(C)C)[C@@H](O)C(F)(F)F.CCCCC(C(C)C)[C@H](C)O.CCCCC(C(C)C)[C@H](O)C(F)F.CCCCC(CCO)C(C)C.CCCCC(CO)C(C)C.CCCCC(c1ncc[nH]1)C(C)C.CCCCC(c1ncn[nH]1)C(C)C. The maximum atomic E-state index is 12.4. The Morgan fingerprint density at radius 1 is 0.331 bits per heavy atom. The lowest BCUT2D eigenvalue weighted by atomic mass is 9.85. The minimum absolute atomic E-state index is 0.121. The van der Waals surface area contributed by atoms with Gasteiger partial charge in [0.1, 0.15) is 30.8 Å². The van der Waals surface area contributed by atoms with Gasteiger partial charge in [0.2, 0.25) is 0 Å². The lowest BCUT2D eigenvalue weighted by molar-refractivity contribution is -0.224. The summed E-state index contributed by atoms with van der Waals surface area (Å²) < 4.78 is 97.4. The number of halogens is 8. The second kappa shape index (κ2) is 96.7. The quantitative estimate of drug-likeness (QED) is 0.0219. The molecule has 0 aliphatic carbocycles. The van der Waals surface area contributed by atoms with Gasteiger partial charge in [0.15, 0.2) is 6.10 Å². The van der Waals surface area contributed by atoms with Crippen LogP contribution in [0.2, 0.25) is 0 Å². The summed E-state index contributed by atoms with van der Waals surface area (Å²) in [5.41, 5.74) is 0. The third-order valence-corrected chi connectivity index (χ3v) is 25.8. The highest BCUT2D eigenvalue weighted by Crippen LogP contribution is 2.35. The molecule has 22 heteroatoms. The first-order chi connectivity index (χ1) is 60.9. The van der Waals surface area contributed by atoms with E-state index in [9.17, 15) is 55.5 Å². The van der Waals surface area contributed by atoms with E-state index in [0.29, 0.717) is 122 Å². The number of unbranched alkanes of at least 4 members (excludes halogenated alkanes) is 10. The Kier molecular flexibility index (Phi) is 108. The van der Waals surface area contributed by atoms with Crippen LogP contribution in [0, 0.1) is 118 Å². The van der Waals surface area contributed by atoms with Gasteiger partial charge in [-0.05, 0) is 223 Å². The van der Waals surface area contributed by atoms with Crippen LogP contribution in [-0.2, 0) is 0 Å². The van der Waals surface area contributed by atoms with Crippen LogP contribution in [-0.4, -0.2) is 160 Å². The molecular weight excluding hydrogens is 1660 g/mol. The van der Waals surface area contributed by atoms with Gasteiger partial charge in [0, 0.05) is 50.7 Å². The van der Waals surface area contributed by atoms with Crippen molar-refractivity contribution >= 4 is 0 Å². The Bertz CT molecular complexity index is 2360. The molecule has 2 rings (SSSR count). The van der Waals surface area contributed by atoms with E-state index in [1.54, 1.807) is 27.1 Å². The molecular formula is C108H223F8N5O9. The van der Waals surface area contributed by atoms with Gasteiger partial charge in [-0.15, -0.1) is 0 Å². The van der Waals surface area contributed by atoms with Gasteiger partial charge < -0.3 is 50.9 Å². The third-order valence-electron chi connectivity index (χ3n) is 25.8. The molecule has 130 heavy (non-hydrogen) atoms. The molecule has 0 amide bonds. The number of hydrogen-bond donors (Lipinski definition) is 11. The molecule has 2 aromatic rings. The standard InChI is InChI=1S/C11H20N2.C10H19F3O.C10H20F2O.C10H21FO.C10H19N3.3C10H22O.2C9H19FO.C9H20O/c1-4-5-6-10(9(2)3)11-12-7-8-13-11;1-4-5-6-8(7(2)3)9(14)10(11,12)13;1-4-5-6-8(7(2)3)9(13)10(11)12;1-4-5-6-9(8(2)3)10(12)7-11;1-4-5-6-9(8(2)3)10-11-7-12-13-10;2*1-5-6-7-10(8(2)3)9(4)11;1-4-5-6-10(7-8-11)9(2)3;1-7(2)9(6-11)5-4-8(3)10;1-8(2)9(7-11)5-3-4-6-10;1-4-5-6-9(7-10)8(2)3/h7-10H,4-6H2,1-3H3,(H,12,13);7-9,14H,4-6H2,1-3H3;7-10,13H,4-6H2,1-3H3;8-10,12H,4-7H2,1-3H3;7-9H,4-6H2,1-3H3,(H,11,12,13);2*8-11H,5-7H2,1-4H3;9-11H,4-8H2,1-3H3;7-9,11H,4-6H2,1-3H3;8-9,11H,3-7H2,1-2H3;8-10H,4-7H2,1-3H3/t;2*8?,9-;;;9-,10?;;;;;/m.10..0...../s1. The molecule has 0 fully saturated rings. The molecule has 2 heterocycles. The van der Waals surface area contributed by atoms with Crippen molar-refractivity contribution in [2.45, 2.75) is 508 Å². The highest BCUT2D eigenvalue weighted by atomic mass is 19.4. The molecule has 0 radical (unpaired) electrons. The molecule has 0 aromatic carbocycles. The average Bonchev–Trinajstić information content (AvgIpc) is 1.21. The topological polar surface area (TPSA) is 252 Å². The number of aliphatic hydroxyl groups excluding tert-OH is 9. The Morgan fingerprint density at radius 3 is 0.908 bits per heavy atom. The Hall–Kier alpha value is -2.57. The number of H-pyrrole nitrogens is 2. The highest BCUT2D eigenvalue weighted by molar-refractivity contribution is 4.98. The van der Waals surface area contributed by atoms with Crippen LogP contribution in [0.3, 0.4) is 0 Å². The van der Waals surface area contributed by atoms with Crippen molar-refractivity contribution in [2.75, 3.05) is 39.8 Å². The van der Waals surface area contributed by atoms with Crippen LogP contribution in [0.5, 0.6) is 0 Å². The van der Waals surface area contributed by atoms with Gasteiger partial charge in [-0.3, -0.25) is 9.49 Å². The van der Waals surface area contributed by atoms with Crippen molar-refractivity contribution in [1.82, 2.24) is 25.1 Å². The first kappa shape index (κ1) is 145. The Morgan fingerprint density at radius 2 is 0.646 bits per heavy atom. The molecule has 14 unspecified atom stereocenters. The summed E-state index contributed by atoms with van der Waals surface area (Å²) in [4.78, 5) is 11.8. The summed E-state index contributed by atoms with van der Waals surface area (Å²) in [5.74, 6) is 10.7. The second-order valence-electron chi connectivity index (χ2n) is 41.0. The molecule has 2 aromatic heterocycles. The molecule has 790 valence electrons. The number of imidazole rings is 1. The minimum Gasteiger partial charge on any atom is -0.396 e. The van der Waals surface area contributed by atoms with Crippen LogP contribution in [0.1, 0.15) is 471 Å². The third kappa shape index (κ3) is 85.8. The van der Waals surface area contributed by atoms with E-state index >= 15 is 0 Å². The van der Waals surface area contributed by atoms with Gasteiger partial charge >= 0.3 is 6.18 Å². The summed E-state index contributed by atoms with van der Waals surface area (Å²) in [7, 11) is 0. The summed E-state index contributed by atoms with van der Waals surface area (Å²) in [6.45, 7) is 71.2. The van der Waals surface area contributed by atoms with Gasteiger partial charge in [-0.25, -0.2) is 27.5 Å². The lowest BCUT2D eigenvalue weighted by Gasteiger charge is -2.27. The van der Waals surface area contributed by atoms with Crippen molar-refractivity contribution in [3.05, 3.63) is 30.4 Å². The molecule has 17 atom stereocenters. The number of rotatable bonds is 59. The number of aliphatic hydroxyl groups is 9. The van der Waals surface area contributed by atoms with Crippen LogP contribution in [0.15, 0.2) is 18.7 Å². The monoisotopic (exact) mass is 1890 g/mol. The van der Waals surface area contributed by atoms with Crippen molar-refractivity contribution < 1.29 is 81.1 Å². The molecule has 0 saturated heterocycles. The number of aromatic nitrogens is 5. The lowest BCUT2D eigenvalue weighted by Crippen LogP contribution is -2.38. The summed E-state index contributed by atoms with van der Waals surface area (Å²) >= 11 is 0. The second-order valence-corrected chi connectivity index (χ2v) is 41.0. The average molecular weight is 1890 g/mol. The van der Waals surface area contributed by atoms with E-state index in [1.807, 2.05) is 67.8 Å². The highest BCUT2D eigenvalue weighted by Gasteiger charge is 2.44. The van der Waals surface area contributed by atoms with E-state index in [1.165, 1.54) is 116 Å². The molecule has 0 aliphatic heterocycles. The Balaban J connectivity index is -0.000000177. The molecule has 0 saturated carbocycles. The molecule has 0 spiro atoms. The van der Waals surface area contributed by atoms with E-state index < -0.39 is 49.7 Å². The molecule has 0 bridgehead atoms. The van der Waals surface area contributed by atoms with Crippen LogP contribution in [0.25, 0.3) is 0 Å². The zero-order chi connectivity index (χ0) is 103. The van der Waals surface area contributed by atoms with Crippen LogP contribution in [0.4, 0.5) is 35.1 Å². The zero-order valence-electron chi connectivity index (χ0n) is 90.9. The maximum Gasteiger partial charge on any atom is 0.414 e. The maximum absolute atomic E-state index is 12.4. The normalized spacial score (nSPS) is 15.5. The number of nitrogens with zero attached hydrogens (tertiary/aromatic N) is 3. The van der Waals surface area contributed by atoms with Crippen molar-refractivity contribution in [3.63, 3.8) is 0 Å². The summed E-state index contributed by atoms with van der Waals surface area (Å²) in [5, 5.41) is 88.9. The predicted octanol–water partition coefficient (Wildman–Crippen LogP) is 31.0. The summed E-state index contributed by atoms with van der Waals surface area (Å²) in [6, 6.07) is 0. The van der Waals surface area contributed by atoms with Crippen LogP contribution < -0.4 is 0 Å². The Labute approximate surface area is 799 Å². The minimum atomic E-state index is -4.48. The van der Waals surface area contributed by atoms with Crippen molar-refractivity contribution in [2.24, 2.45) is 118 Å². The number of aromatic amines is 2. The van der Waals surface area contributed by atoms with E-state index in [0.717, 1.165) is 94.1 Å². The molecule has 11 N–H and O–H groups in total. The zero-order valence-corrected chi connectivity index (χ0v) is 90.9. The fourth-order valence-corrected chi connectivity index (χ4v) is 15.8. The van der Waals surface area contributed by atoms with E-state index in [4.69, 9.17) is 25.5 Å². The van der Waals surface area contributed by atoms with Gasteiger partial charge in [-0.2, -0.15) is 18.3 Å². The number of hydrogen-bond acceptors (Lipinski definition) is 12. The smallest absolute Gasteiger partial charge is 0.396 e. The first-order valence-corrected chi connectivity index (χ1v) is 52.7.